The van der Waals surface area contributed by atoms with E-state index in [0.717, 1.165) is 19.3 Å². The molecule has 2 heteroatoms. The summed E-state index contributed by atoms with van der Waals surface area (Å²) in [6.45, 7) is 2.14. The van der Waals surface area contributed by atoms with Crippen LogP contribution in [0.2, 0.25) is 0 Å². The number of carbonyl (C=O) groups is 1. The highest BCUT2D eigenvalue weighted by Crippen LogP contribution is 2.17. The second-order valence-corrected chi connectivity index (χ2v) is 2.96. The van der Waals surface area contributed by atoms with E-state index in [4.69, 9.17) is 0 Å². The Kier molecular flexibility index (Phi) is 2.30. The van der Waals surface area contributed by atoms with Crippen LogP contribution in [-0.2, 0) is 4.79 Å². The lowest BCUT2D eigenvalue weighted by atomic mass is 10.0. The molecule has 1 atom stereocenters. The molecule has 10 heavy (non-hydrogen) atoms. The van der Waals surface area contributed by atoms with Crippen LogP contribution in [0.5, 0.6) is 0 Å². The SMILES string of the molecule is CCC1CCCC(=O)N1C. The highest BCUT2D eigenvalue weighted by atomic mass is 16.2. The molecule has 58 valence electrons. The summed E-state index contributed by atoms with van der Waals surface area (Å²) in [5.41, 5.74) is 0. The maximum absolute atomic E-state index is 11.1. The van der Waals surface area contributed by atoms with Gasteiger partial charge in [-0.3, -0.25) is 4.79 Å². The fraction of sp³-hybridized carbons (Fsp3) is 0.875. The van der Waals surface area contributed by atoms with Crippen molar-refractivity contribution >= 4 is 5.91 Å². The molecular formula is C8H15NO. The fourth-order valence-electron chi connectivity index (χ4n) is 1.54. The highest BCUT2D eigenvalue weighted by Gasteiger charge is 2.22. The third kappa shape index (κ3) is 1.31. The van der Waals surface area contributed by atoms with Crippen LogP contribution in [-0.4, -0.2) is 23.9 Å². The number of carbonyl (C=O) groups excluding carboxylic acids is 1. The van der Waals surface area contributed by atoms with E-state index >= 15 is 0 Å². The summed E-state index contributed by atoms with van der Waals surface area (Å²) in [5.74, 6) is 0.318. The van der Waals surface area contributed by atoms with Crippen molar-refractivity contribution in [1.29, 1.82) is 0 Å². The quantitative estimate of drug-likeness (QED) is 0.540. The molecule has 2 nitrogen and oxygen atoms in total. The second kappa shape index (κ2) is 3.04. The van der Waals surface area contributed by atoms with Crippen molar-refractivity contribution in [2.24, 2.45) is 0 Å². The van der Waals surface area contributed by atoms with Gasteiger partial charge in [-0.1, -0.05) is 6.92 Å². The van der Waals surface area contributed by atoms with Gasteiger partial charge in [0, 0.05) is 19.5 Å². The summed E-state index contributed by atoms with van der Waals surface area (Å²) < 4.78 is 0. The van der Waals surface area contributed by atoms with Crippen LogP contribution in [0.25, 0.3) is 0 Å². The van der Waals surface area contributed by atoms with Crippen molar-refractivity contribution in [3.8, 4) is 0 Å². The van der Waals surface area contributed by atoms with Crippen molar-refractivity contribution in [2.75, 3.05) is 7.05 Å². The molecule has 0 bridgehead atoms. The van der Waals surface area contributed by atoms with Gasteiger partial charge in [-0.25, -0.2) is 0 Å². The molecule has 0 radical (unpaired) electrons. The Labute approximate surface area is 62.2 Å². The lowest BCUT2D eigenvalue weighted by Gasteiger charge is -2.31. The zero-order chi connectivity index (χ0) is 7.56. The van der Waals surface area contributed by atoms with E-state index in [1.54, 1.807) is 0 Å². The molecule has 0 N–H and O–H groups in total. The molecule has 0 aromatic carbocycles. The summed E-state index contributed by atoms with van der Waals surface area (Å²) in [4.78, 5) is 13.0. The number of nitrogens with zero attached hydrogens (tertiary/aromatic N) is 1. The number of hydrogen-bond donors (Lipinski definition) is 0. The number of amides is 1. The van der Waals surface area contributed by atoms with Gasteiger partial charge < -0.3 is 4.90 Å². The fourth-order valence-corrected chi connectivity index (χ4v) is 1.54. The monoisotopic (exact) mass is 141 g/mol. The number of rotatable bonds is 1. The van der Waals surface area contributed by atoms with Crippen molar-refractivity contribution in [3.63, 3.8) is 0 Å². The Morgan fingerprint density at radius 2 is 2.40 bits per heavy atom. The van der Waals surface area contributed by atoms with Gasteiger partial charge in [0.1, 0.15) is 0 Å². The summed E-state index contributed by atoms with van der Waals surface area (Å²) in [6.07, 6.45) is 4.13. The molecule has 1 aliphatic heterocycles. The Balaban J connectivity index is 2.51. The third-order valence-electron chi connectivity index (χ3n) is 2.34. The van der Waals surface area contributed by atoms with Gasteiger partial charge in [0.15, 0.2) is 0 Å². The van der Waals surface area contributed by atoms with Crippen LogP contribution >= 0.6 is 0 Å². The van der Waals surface area contributed by atoms with Crippen LogP contribution in [0.1, 0.15) is 32.6 Å². The average Bonchev–Trinajstić information content (AvgIpc) is 1.95. The molecular weight excluding hydrogens is 126 g/mol. The summed E-state index contributed by atoms with van der Waals surface area (Å²) in [7, 11) is 1.91. The Bertz CT molecular complexity index is 133. The van der Waals surface area contributed by atoms with E-state index in [1.165, 1.54) is 6.42 Å². The van der Waals surface area contributed by atoms with Crippen molar-refractivity contribution < 1.29 is 4.79 Å². The first-order chi connectivity index (χ1) is 4.75. The second-order valence-electron chi connectivity index (χ2n) is 2.96. The predicted molar refractivity (Wildman–Crippen MR) is 40.7 cm³/mol. The van der Waals surface area contributed by atoms with Crippen molar-refractivity contribution in [1.82, 2.24) is 4.90 Å². The van der Waals surface area contributed by atoms with E-state index in [9.17, 15) is 4.79 Å². The van der Waals surface area contributed by atoms with E-state index in [2.05, 4.69) is 6.92 Å². The van der Waals surface area contributed by atoms with Gasteiger partial charge in [-0.2, -0.15) is 0 Å². The minimum atomic E-state index is 0.318. The lowest BCUT2D eigenvalue weighted by Crippen LogP contribution is -2.39. The number of likely N-dealkylation sites (tertiary alicyclic amines) is 1. The standard InChI is InChI=1S/C8H15NO/c1-3-7-5-4-6-8(10)9(7)2/h7H,3-6H2,1-2H3. The summed E-state index contributed by atoms with van der Waals surface area (Å²) in [5, 5.41) is 0. The molecule has 1 rings (SSSR count). The largest absolute Gasteiger partial charge is 0.343 e. The smallest absolute Gasteiger partial charge is 0.222 e. The van der Waals surface area contributed by atoms with Crippen LogP contribution in [0, 0.1) is 0 Å². The molecule has 0 aliphatic carbocycles. The van der Waals surface area contributed by atoms with Gasteiger partial charge in [0.2, 0.25) is 5.91 Å². The zero-order valence-corrected chi connectivity index (χ0v) is 6.76. The third-order valence-corrected chi connectivity index (χ3v) is 2.34. The Morgan fingerprint density at radius 3 is 2.90 bits per heavy atom. The van der Waals surface area contributed by atoms with Gasteiger partial charge in [-0.05, 0) is 19.3 Å². The normalized spacial score (nSPS) is 27.2. The first kappa shape index (κ1) is 7.58. The van der Waals surface area contributed by atoms with Gasteiger partial charge in [0.05, 0.1) is 0 Å². The molecule has 1 saturated heterocycles. The van der Waals surface area contributed by atoms with E-state index in [0.29, 0.717) is 11.9 Å². The van der Waals surface area contributed by atoms with Crippen LogP contribution in [0.3, 0.4) is 0 Å². The first-order valence-corrected chi connectivity index (χ1v) is 4.01. The Morgan fingerprint density at radius 1 is 1.70 bits per heavy atom. The van der Waals surface area contributed by atoms with Crippen LogP contribution in [0.4, 0.5) is 0 Å². The molecule has 0 aromatic rings. The molecule has 0 spiro atoms. The average molecular weight is 141 g/mol. The molecule has 0 saturated carbocycles. The zero-order valence-electron chi connectivity index (χ0n) is 6.76. The highest BCUT2D eigenvalue weighted by molar-refractivity contribution is 5.76. The van der Waals surface area contributed by atoms with Gasteiger partial charge in [-0.15, -0.1) is 0 Å². The van der Waals surface area contributed by atoms with Gasteiger partial charge in [0.25, 0.3) is 0 Å². The number of hydrogen-bond acceptors (Lipinski definition) is 1. The molecule has 1 fully saturated rings. The summed E-state index contributed by atoms with van der Waals surface area (Å²) >= 11 is 0. The van der Waals surface area contributed by atoms with Crippen molar-refractivity contribution in [3.05, 3.63) is 0 Å². The predicted octanol–water partition coefficient (Wildman–Crippen LogP) is 1.41. The van der Waals surface area contributed by atoms with E-state index < -0.39 is 0 Å². The van der Waals surface area contributed by atoms with Gasteiger partial charge >= 0.3 is 0 Å². The molecule has 1 aliphatic rings. The summed E-state index contributed by atoms with van der Waals surface area (Å²) in [6, 6.07) is 0.515. The molecule has 1 unspecified atom stereocenters. The first-order valence-electron chi connectivity index (χ1n) is 4.01. The topological polar surface area (TPSA) is 20.3 Å². The Hall–Kier alpha value is -0.530. The molecule has 1 amide bonds. The van der Waals surface area contributed by atoms with Crippen molar-refractivity contribution in [2.45, 2.75) is 38.6 Å². The number of piperidine rings is 1. The maximum atomic E-state index is 11.1. The molecule has 0 aromatic heterocycles. The van der Waals surface area contributed by atoms with Crippen LogP contribution in [0.15, 0.2) is 0 Å². The van der Waals surface area contributed by atoms with E-state index in [1.807, 2.05) is 11.9 Å². The van der Waals surface area contributed by atoms with Crippen LogP contribution < -0.4 is 0 Å². The minimum absolute atomic E-state index is 0.318. The lowest BCUT2D eigenvalue weighted by molar-refractivity contribution is -0.134. The maximum Gasteiger partial charge on any atom is 0.222 e. The minimum Gasteiger partial charge on any atom is -0.343 e. The van der Waals surface area contributed by atoms with E-state index in [-0.39, 0.29) is 0 Å². The molecule has 1 heterocycles.